The molecular formula is C10H4BrClF2O. The maximum absolute atomic E-state index is 13.5. The van der Waals surface area contributed by atoms with Crippen molar-refractivity contribution >= 4 is 37.8 Å². The predicted octanol–water partition coefficient (Wildman–Crippen LogP) is 3.75. The van der Waals surface area contributed by atoms with Crippen molar-refractivity contribution in [3.05, 3.63) is 40.4 Å². The molecule has 0 saturated heterocycles. The van der Waals surface area contributed by atoms with Gasteiger partial charge in [-0.25, -0.2) is 0 Å². The topological polar surface area (TPSA) is 17.1 Å². The van der Waals surface area contributed by atoms with Crippen molar-refractivity contribution < 1.29 is 13.6 Å². The first-order chi connectivity index (χ1) is 6.94. The second-order valence-corrected chi connectivity index (χ2v) is 4.35. The molecule has 0 unspecified atom stereocenters. The van der Waals surface area contributed by atoms with Crippen LogP contribution in [0.25, 0.3) is 4.48 Å². The minimum absolute atomic E-state index is 0.184. The molecule has 1 aromatic carbocycles. The largest absolute Gasteiger partial charge is 0.335 e. The zero-order valence-corrected chi connectivity index (χ0v) is 9.57. The van der Waals surface area contributed by atoms with Gasteiger partial charge >= 0.3 is 5.92 Å². The average Bonchev–Trinajstić information content (AvgIpc) is 2.15. The van der Waals surface area contributed by atoms with Gasteiger partial charge in [0.05, 0.1) is 0 Å². The molecule has 1 nitrogen and oxygen atoms in total. The number of halogens is 4. The van der Waals surface area contributed by atoms with E-state index >= 15 is 0 Å². The molecule has 0 N–H and O–H groups in total. The lowest BCUT2D eigenvalue weighted by Crippen LogP contribution is -2.28. The van der Waals surface area contributed by atoms with Crippen molar-refractivity contribution in [2.45, 2.75) is 5.92 Å². The first-order valence-corrected chi connectivity index (χ1v) is 5.20. The van der Waals surface area contributed by atoms with Crippen molar-refractivity contribution in [1.29, 1.82) is 0 Å². The third-order valence-corrected chi connectivity index (χ3v) is 3.10. The van der Waals surface area contributed by atoms with E-state index in [-0.39, 0.29) is 16.1 Å². The van der Waals surface area contributed by atoms with Crippen LogP contribution in [0.4, 0.5) is 8.78 Å². The molecule has 0 aromatic heterocycles. The Morgan fingerprint density at radius 3 is 2.67 bits per heavy atom. The second-order valence-electron chi connectivity index (χ2n) is 3.09. The van der Waals surface area contributed by atoms with Gasteiger partial charge in [0.25, 0.3) is 0 Å². The highest BCUT2D eigenvalue weighted by atomic mass is 79.9. The highest BCUT2D eigenvalue weighted by Gasteiger charge is 2.44. The summed E-state index contributed by atoms with van der Waals surface area (Å²) in [6, 6.07) is 4.10. The number of allylic oxidation sites excluding steroid dienone is 1. The Labute approximate surface area is 97.9 Å². The van der Waals surface area contributed by atoms with Crippen LogP contribution in [0.3, 0.4) is 0 Å². The summed E-state index contributed by atoms with van der Waals surface area (Å²) in [6.07, 6.45) is 0.855. The van der Waals surface area contributed by atoms with Crippen LogP contribution in [0.15, 0.2) is 24.3 Å². The quantitative estimate of drug-likeness (QED) is 0.712. The van der Waals surface area contributed by atoms with E-state index in [2.05, 4.69) is 15.9 Å². The first kappa shape index (κ1) is 10.8. The molecular weight excluding hydrogens is 289 g/mol. The molecule has 0 bridgehead atoms. The lowest BCUT2D eigenvalue weighted by molar-refractivity contribution is -0.139. The van der Waals surface area contributed by atoms with E-state index in [1.807, 2.05) is 0 Å². The van der Waals surface area contributed by atoms with E-state index in [9.17, 15) is 13.6 Å². The molecule has 1 aliphatic carbocycles. The number of benzene rings is 1. The van der Waals surface area contributed by atoms with Gasteiger partial charge in [-0.3, -0.25) is 4.79 Å². The minimum Gasteiger partial charge on any atom is -0.288 e. The van der Waals surface area contributed by atoms with Gasteiger partial charge in [-0.15, -0.1) is 0 Å². The molecule has 78 valence electrons. The van der Waals surface area contributed by atoms with Gasteiger partial charge in [0.2, 0.25) is 5.78 Å². The standard InChI is InChI=1S/C10H4BrClF2O/c11-6-4-8(15)10(13,14)5-2-1-3-7(12)9(5)6/h1-4H. The fraction of sp³-hybridized carbons (Fsp3) is 0.100. The molecule has 0 radical (unpaired) electrons. The summed E-state index contributed by atoms with van der Waals surface area (Å²) in [4.78, 5) is 11.1. The van der Waals surface area contributed by atoms with Gasteiger partial charge in [0.15, 0.2) is 0 Å². The smallest absolute Gasteiger partial charge is 0.288 e. The molecule has 1 aliphatic rings. The summed E-state index contributed by atoms with van der Waals surface area (Å²) in [5, 5.41) is 0.197. The van der Waals surface area contributed by atoms with Crippen LogP contribution in [-0.4, -0.2) is 5.78 Å². The summed E-state index contributed by atoms with van der Waals surface area (Å²) in [5.74, 6) is -4.72. The summed E-state index contributed by atoms with van der Waals surface area (Å²) in [6.45, 7) is 0. The molecule has 0 saturated carbocycles. The van der Waals surface area contributed by atoms with Gasteiger partial charge in [0, 0.05) is 26.7 Å². The highest BCUT2D eigenvalue weighted by molar-refractivity contribution is 9.15. The van der Waals surface area contributed by atoms with E-state index in [1.165, 1.54) is 18.2 Å². The fourth-order valence-electron chi connectivity index (χ4n) is 1.44. The Morgan fingerprint density at radius 1 is 1.33 bits per heavy atom. The van der Waals surface area contributed by atoms with E-state index in [0.717, 1.165) is 6.08 Å². The minimum atomic E-state index is -3.49. The van der Waals surface area contributed by atoms with E-state index in [4.69, 9.17) is 11.6 Å². The Hall–Kier alpha value is -0.740. The van der Waals surface area contributed by atoms with Crippen molar-refractivity contribution in [3.8, 4) is 0 Å². The van der Waals surface area contributed by atoms with E-state index in [0.29, 0.717) is 4.48 Å². The lowest BCUT2D eigenvalue weighted by Gasteiger charge is -2.22. The molecule has 0 amide bonds. The molecule has 5 heteroatoms. The molecule has 0 aliphatic heterocycles. The molecule has 2 rings (SSSR count). The molecule has 15 heavy (non-hydrogen) atoms. The normalized spacial score (nSPS) is 18.4. The van der Waals surface area contributed by atoms with E-state index < -0.39 is 11.7 Å². The molecule has 0 fully saturated rings. The number of fused-ring (bicyclic) bond motifs is 1. The van der Waals surface area contributed by atoms with Crippen LogP contribution >= 0.6 is 27.5 Å². The highest BCUT2D eigenvalue weighted by Crippen LogP contribution is 2.44. The third kappa shape index (κ3) is 1.52. The summed E-state index contributed by atoms with van der Waals surface area (Å²) < 4.78 is 27.2. The maximum Gasteiger partial charge on any atom is 0.335 e. The molecule has 0 heterocycles. The molecule has 1 aromatic rings. The summed E-state index contributed by atoms with van der Waals surface area (Å²) >= 11 is 8.85. The summed E-state index contributed by atoms with van der Waals surface area (Å²) in [7, 11) is 0. The monoisotopic (exact) mass is 292 g/mol. The first-order valence-electron chi connectivity index (χ1n) is 4.03. The van der Waals surface area contributed by atoms with Gasteiger partial charge in [-0.05, 0) is 22.0 Å². The Kier molecular flexibility index (Phi) is 2.43. The molecule has 0 atom stereocenters. The van der Waals surface area contributed by atoms with Crippen molar-refractivity contribution in [2.75, 3.05) is 0 Å². The summed E-state index contributed by atoms with van der Waals surface area (Å²) in [5.41, 5.74) is -0.168. The van der Waals surface area contributed by atoms with E-state index in [1.54, 1.807) is 0 Å². The Morgan fingerprint density at radius 2 is 2.00 bits per heavy atom. The van der Waals surface area contributed by atoms with Crippen LogP contribution in [0.1, 0.15) is 11.1 Å². The Bertz CT molecular complexity index is 482. The zero-order chi connectivity index (χ0) is 11.2. The SMILES string of the molecule is O=C1C=C(Br)c2c(Cl)cccc2C1(F)F. The fourth-order valence-corrected chi connectivity index (χ4v) is 2.46. The van der Waals surface area contributed by atoms with Crippen molar-refractivity contribution in [2.24, 2.45) is 0 Å². The van der Waals surface area contributed by atoms with Crippen LogP contribution in [-0.2, 0) is 10.7 Å². The van der Waals surface area contributed by atoms with Crippen molar-refractivity contribution in [3.63, 3.8) is 0 Å². The van der Waals surface area contributed by atoms with Gasteiger partial charge in [0.1, 0.15) is 0 Å². The maximum atomic E-state index is 13.5. The van der Waals surface area contributed by atoms with Gasteiger partial charge in [-0.2, -0.15) is 8.78 Å². The number of rotatable bonds is 0. The zero-order valence-electron chi connectivity index (χ0n) is 7.23. The van der Waals surface area contributed by atoms with Crippen LogP contribution < -0.4 is 0 Å². The van der Waals surface area contributed by atoms with Gasteiger partial charge < -0.3 is 0 Å². The number of hydrogen-bond donors (Lipinski definition) is 0. The average molecular weight is 293 g/mol. The van der Waals surface area contributed by atoms with Crippen LogP contribution in [0.5, 0.6) is 0 Å². The number of alkyl halides is 2. The van der Waals surface area contributed by atoms with Crippen molar-refractivity contribution in [1.82, 2.24) is 0 Å². The third-order valence-electron chi connectivity index (χ3n) is 2.16. The predicted molar refractivity (Wildman–Crippen MR) is 57.3 cm³/mol. The second kappa shape index (κ2) is 3.39. The van der Waals surface area contributed by atoms with Crippen LogP contribution in [0, 0.1) is 0 Å². The number of carbonyl (C=O) groups is 1. The lowest BCUT2D eigenvalue weighted by atomic mass is 9.93. The van der Waals surface area contributed by atoms with Gasteiger partial charge in [-0.1, -0.05) is 23.7 Å². The molecule has 0 spiro atoms. The van der Waals surface area contributed by atoms with Crippen LogP contribution in [0.2, 0.25) is 5.02 Å². The number of carbonyl (C=O) groups excluding carboxylic acids is 1. The Balaban J connectivity index is 2.79. The number of ketones is 1. The number of hydrogen-bond acceptors (Lipinski definition) is 1.